The highest BCUT2D eigenvalue weighted by Crippen LogP contribution is 2.17. The van der Waals surface area contributed by atoms with Crippen LogP contribution in [0.25, 0.3) is 0 Å². The van der Waals surface area contributed by atoms with Gasteiger partial charge >= 0.3 is 0 Å². The second-order valence-corrected chi connectivity index (χ2v) is 6.86. The average molecular weight is 258 g/mol. The van der Waals surface area contributed by atoms with Gasteiger partial charge in [0.05, 0.1) is 6.61 Å². The minimum atomic E-state index is -0.393. The zero-order valence-electron chi connectivity index (χ0n) is 13.1. The largest absolute Gasteiger partial charge is 0.395 e. The van der Waals surface area contributed by atoms with E-state index in [0.29, 0.717) is 13.1 Å². The number of carbonyl (C=O) groups excluding carboxylic acids is 1. The molecule has 0 rings (SSSR count). The van der Waals surface area contributed by atoms with Crippen LogP contribution in [0.5, 0.6) is 0 Å². The molecule has 4 nitrogen and oxygen atoms in total. The molecule has 1 N–H and O–H groups in total. The molecule has 0 unspecified atom stereocenters. The zero-order valence-corrected chi connectivity index (χ0v) is 13.1. The molecular weight excluding hydrogens is 228 g/mol. The molecule has 0 heterocycles. The number of aliphatic hydroxyl groups excluding tert-OH is 1. The summed E-state index contributed by atoms with van der Waals surface area (Å²) in [6.07, 6.45) is 0. The molecule has 0 radical (unpaired) electrons. The SMILES string of the molecule is CN(CCN(CCO)C(=O)C(C)(C)C)C(C)(C)C. The average Bonchev–Trinajstić information content (AvgIpc) is 2.19. The Hall–Kier alpha value is -0.610. The summed E-state index contributed by atoms with van der Waals surface area (Å²) >= 11 is 0. The molecule has 0 aliphatic rings. The van der Waals surface area contributed by atoms with Crippen molar-refractivity contribution in [2.75, 3.05) is 33.3 Å². The van der Waals surface area contributed by atoms with Crippen molar-refractivity contribution < 1.29 is 9.90 Å². The second kappa shape index (κ2) is 6.53. The summed E-state index contributed by atoms with van der Waals surface area (Å²) in [4.78, 5) is 16.2. The Balaban J connectivity index is 4.52. The fraction of sp³-hybridized carbons (Fsp3) is 0.929. The number of aliphatic hydroxyl groups is 1. The topological polar surface area (TPSA) is 43.8 Å². The maximum Gasteiger partial charge on any atom is 0.228 e. The standard InChI is InChI=1S/C14H30N2O2/c1-13(2,3)12(18)16(10-11-17)9-8-15(7)14(4,5)6/h17H,8-11H2,1-7H3. The van der Waals surface area contributed by atoms with Crippen molar-refractivity contribution in [2.45, 2.75) is 47.1 Å². The maximum absolute atomic E-state index is 12.2. The van der Waals surface area contributed by atoms with Gasteiger partial charge < -0.3 is 10.0 Å². The summed E-state index contributed by atoms with van der Waals surface area (Å²) in [5.41, 5.74) is -0.300. The predicted octanol–water partition coefficient (Wildman–Crippen LogP) is 1.58. The minimum absolute atomic E-state index is 0.0149. The Kier molecular flexibility index (Phi) is 6.30. The molecule has 18 heavy (non-hydrogen) atoms. The number of hydrogen-bond donors (Lipinski definition) is 1. The van der Waals surface area contributed by atoms with Crippen LogP contribution in [0.3, 0.4) is 0 Å². The predicted molar refractivity (Wildman–Crippen MR) is 75.5 cm³/mol. The molecule has 0 fully saturated rings. The van der Waals surface area contributed by atoms with Crippen LogP contribution in [0.2, 0.25) is 0 Å². The molecular formula is C14H30N2O2. The summed E-state index contributed by atoms with van der Waals surface area (Å²) in [5, 5.41) is 9.07. The van der Waals surface area contributed by atoms with Gasteiger partial charge in [-0.2, -0.15) is 0 Å². The van der Waals surface area contributed by atoms with Crippen molar-refractivity contribution in [1.82, 2.24) is 9.80 Å². The van der Waals surface area contributed by atoms with Crippen molar-refractivity contribution >= 4 is 5.91 Å². The minimum Gasteiger partial charge on any atom is -0.395 e. The monoisotopic (exact) mass is 258 g/mol. The van der Waals surface area contributed by atoms with E-state index in [1.54, 1.807) is 4.90 Å². The van der Waals surface area contributed by atoms with E-state index in [4.69, 9.17) is 5.11 Å². The van der Waals surface area contributed by atoms with Crippen LogP contribution in [-0.2, 0) is 4.79 Å². The van der Waals surface area contributed by atoms with Crippen LogP contribution in [0.1, 0.15) is 41.5 Å². The quantitative estimate of drug-likeness (QED) is 0.814. The first-order chi connectivity index (χ1) is 8.00. The van der Waals surface area contributed by atoms with Gasteiger partial charge in [-0.15, -0.1) is 0 Å². The number of amides is 1. The number of rotatable bonds is 5. The zero-order chi connectivity index (χ0) is 14.6. The molecule has 0 atom stereocenters. The molecule has 0 aromatic carbocycles. The first kappa shape index (κ1) is 17.4. The van der Waals surface area contributed by atoms with Gasteiger partial charge in [0.1, 0.15) is 0 Å². The van der Waals surface area contributed by atoms with Gasteiger partial charge in [-0.05, 0) is 27.8 Å². The molecule has 4 heteroatoms. The van der Waals surface area contributed by atoms with Gasteiger partial charge in [-0.25, -0.2) is 0 Å². The van der Waals surface area contributed by atoms with Crippen LogP contribution in [-0.4, -0.2) is 59.6 Å². The van der Waals surface area contributed by atoms with E-state index in [0.717, 1.165) is 6.54 Å². The molecule has 108 valence electrons. The first-order valence-electron chi connectivity index (χ1n) is 6.61. The van der Waals surface area contributed by atoms with Gasteiger partial charge in [0, 0.05) is 30.6 Å². The number of likely N-dealkylation sites (N-methyl/N-ethyl adjacent to an activating group) is 1. The Bertz CT molecular complexity index is 264. The van der Waals surface area contributed by atoms with Crippen LogP contribution in [0.15, 0.2) is 0 Å². The van der Waals surface area contributed by atoms with E-state index in [9.17, 15) is 4.79 Å². The van der Waals surface area contributed by atoms with Gasteiger partial charge in [0.15, 0.2) is 0 Å². The summed E-state index contributed by atoms with van der Waals surface area (Å²) in [6, 6.07) is 0. The third-order valence-electron chi connectivity index (χ3n) is 3.15. The van der Waals surface area contributed by atoms with Gasteiger partial charge in [-0.3, -0.25) is 9.69 Å². The highest BCUT2D eigenvalue weighted by Gasteiger charge is 2.27. The summed E-state index contributed by atoms with van der Waals surface area (Å²) in [5.74, 6) is 0.0962. The van der Waals surface area contributed by atoms with E-state index >= 15 is 0 Å². The first-order valence-corrected chi connectivity index (χ1v) is 6.61. The van der Waals surface area contributed by atoms with Crippen LogP contribution < -0.4 is 0 Å². The summed E-state index contributed by atoms with van der Waals surface area (Å²) in [7, 11) is 2.05. The third kappa shape index (κ3) is 5.83. The van der Waals surface area contributed by atoms with Gasteiger partial charge in [0.25, 0.3) is 0 Å². The van der Waals surface area contributed by atoms with Crippen molar-refractivity contribution in [3.8, 4) is 0 Å². The van der Waals surface area contributed by atoms with Crippen LogP contribution in [0.4, 0.5) is 0 Å². The fourth-order valence-corrected chi connectivity index (χ4v) is 1.52. The highest BCUT2D eigenvalue weighted by atomic mass is 16.3. The smallest absolute Gasteiger partial charge is 0.228 e. The Labute approximate surface area is 112 Å². The highest BCUT2D eigenvalue weighted by molar-refractivity contribution is 5.81. The molecule has 0 bridgehead atoms. The Morgan fingerprint density at radius 2 is 1.50 bits per heavy atom. The molecule has 0 aliphatic heterocycles. The van der Waals surface area contributed by atoms with E-state index in [1.807, 2.05) is 20.8 Å². The summed E-state index contributed by atoms with van der Waals surface area (Å²) < 4.78 is 0. The molecule has 0 aliphatic carbocycles. The molecule has 0 aromatic rings. The normalized spacial score (nSPS) is 12.9. The third-order valence-corrected chi connectivity index (χ3v) is 3.15. The number of hydrogen-bond acceptors (Lipinski definition) is 3. The summed E-state index contributed by atoms with van der Waals surface area (Å²) in [6.45, 7) is 14.1. The Morgan fingerprint density at radius 1 is 1.00 bits per heavy atom. The lowest BCUT2D eigenvalue weighted by Crippen LogP contribution is -2.47. The lowest BCUT2D eigenvalue weighted by molar-refractivity contribution is -0.140. The lowest BCUT2D eigenvalue weighted by atomic mass is 9.94. The maximum atomic E-state index is 12.2. The number of carbonyl (C=O) groups is 1. The van der Waals surface area contributed by atoms with Crippen molar-refractivity contribution in [1.29, 1.82) is 0 Å². The van der Waals surface area contributed by atoms with Crippen molar-refractivity contribution in [3.05, 3.63) is 0 Å². The van der Waals surface area contributed by atoms with E-state index in [1.165, 1.54) is 0 Å². The fourth-order valence-electron chi connectivity index (χ4n) is 1.52. The Morgan fingerprint density at radius 3 is 1.83 bits per heavy atom. The van der Waals surface area contributed by atoms with Crippen molar-refractivity contribution in [3.63, 3.8) is 0 Å². The lowest BCUT2D eigenvalue weighted by Gasteiger charge is -2.35. The van der Waals surface area contributed by atoms with Crippen LogP contribution in [0, 0.1) is 5.41 Å². The van der Waals surface area contributed by atoms with E-state index < -0.39 is 5.41 Å². The second-order valence-electron chi connectivity index (χ2n) is 6.86. The molecule has 0 saturated heterocycles. The van der Waals surface area contributed by atoms with E-state index in [-0.39, 0.29) is 18.1 Å². The van der Waals surface area contributed by atoms with Crippen molar-refractivity contribution in [2.24, 2.45) is 5.41 Å². The van der Waals surface area contributed by atoms with E-state index in [2.05, 4.69) is 32.7 Å². The number of nitrogens with zero attached hydrogens (tertiary/aromatic N) is 2. The van der Waals surface area contributed by atoms with Crippen LogP contribution >= 0.6 is 0 Å². The molecule has 0 spiro atoms. The molecule has 0 saturated carbocycles. The van der Waals surface area contributed by atoms with Gasteiger partial charge in [0.2, 0.25) is 5.91 Å². The molecule has 1 amide bonds. The van der Waals surface area contributed by atoms with Gasteiger partial charge in [-0.1, -0.05) is 20.8 Å². The molecule has 0 aromatic heterocycles.